The molecule has 1 saturated heterocycles. The van der Waals surface area contributed by atoms with Gasteiger partial charge < -0.3 is 9.64 Å². The molecule has 0 atom stereocenters. The molecular formula is C17H25NO2. The highest BCUT2D eigenvalue weighted by Crippen LogP contribution is 2.13. The van der Waals surface area contributed by atoms with Crippen molar-refractivity contribution >= 4 is 5.78 Å². The third kappa shape index (κ3) is 4.97. The average molecular weight is 275 g/mol. The van der Waals surface area contributed by atoms with Gasteiger partial charge in [-0.25, -0.2) is 0 Å². The Bertz CT molecular complexity index is 408. The van der Waals surface area contributed by atoms with E-state index in [2.05, 4.69) is 4.90 Å². The number of hydrogen-bond donors (Lipinski definition) is 0. The summed E-state index contributed by atoms with van der Waals surface area (Å²) in [4.78, 5) is 13.7. The molecule has 1 fully saturated rings. The number of ether oxygens (including phenoxy) is 1. The minimum atomic E-state index is 0.0958. The highest BCUT2D eigenvalue weighted by Gasteiger charge is 2.09. The van der Waals surface area contributed by atoms with Crippen LogP contribution in [0.2, 0.25) is 0 Å². The first-order chi connectivity index (χ1) is 9.75. The van der Waals surface area contributed by atoms with Crippen LogP contribution >= 0.6 is 0 Å². The Labute approximate surface area is 121 Å². The van der Waals surface area contributed by atoms with Crippen LogP contribution in [0.15, 0.2) is 24.3 Å². The SMILES string of the molecule is CC(=O)c1ccc(OCCCCCN2CCCC2)cc1. The van der Waals surface area contributed by atoms with Crippen LogP contribution in [0, 0.1) is 0 Å². The lowest BCUT2D eigenvalue weighted by atomic mass is 10.1. The zero-order valence-corrected chi connectivity index (χ0v) is 12.4. The fourth-order valence-electron chi connectivity index (χ4n) is 2.60. The van der Waals surface area contributed by atoms with Gasteiger partial charge in [-0.05, 0) is 82.9 Å². The molecule has 1 aliphatic heterocycles. The van der Waals surface area contributed by atoms with Crippen molar-refractivity contribution in [2.24, 2.45) is 0 Å². The Morgan fingerprint density at radius 2 is 1.80 bits per heavy atom. The second-order valence-electron chi connectivity index (χ2n) is 5.54. The van der Waals surface area contributed by atoms with Crippen molar-refractivity contribution in [3.63, 3.8) is 0 Å². The third-order valence-corrected chi connectivity index (χ3v) is 3.85. The Morgan fingerprint density at radius 3 is 2.45 bits per heavy atom. The number of nitrogens with zero attached hydrogens (tertiary/aromatic N) is 1. The molecule has 3 nitrogen and oxygen atoms in total. The molecule has 0 amide bonds. The molecular weight excluding hydrogens is 250 g/mol. The summed E-state index contributed by atoms with van der Waals surface area (Å²) in [6, 6.07) is 7.40. The van der Waals surface area contributed by atoms with Crippen LogP contribution in [0.4, 0.5) is 0 Å². The molecule has 0 bridgehead atoms. The summed E-state index contributed by atoms with van der Waals surface area (Å²) in [5.41, 5.74) is 0.739. The number of likely N-dealkylation sites (tertiary alicyclic amines) is 1. The lowest BCUT2D eigenvalue weighted by molar-refractivity contribution is 0.101. The lowest BCUT2D eigenvalue weighted by Gasteiger charge is -2.13. The van der Waals surface area contributed by atoms with Crippen molar-refractivity contribution < 1.29 is 9.53 Å². The van der Waals surface area contributed by atoms with Gasteiger partial charge >= 0.3 is 0 Å². The van der Waals surface area contributed by atoms with E-state index >= 15 is 0 Å². The second-order valence-corrected chi connectivity index (χ2v) is 5.54. The Morgan fingerprint density at radius 1 is 1.10 bits per heavy atom. The van der Waals surface area contributed by atoms with Crippen molar-refractivity contribution in [1.29, 1.82) is 0 Å². The van der Waals surface area contributed by atoms with Gasteiger partial charge in [-0.1, -0.05) is 0 Å². The maximum Gasteiger partial charge on any atom is 0.159 e. The van der Waals surface area contributed by atoms with Crippen LogP contribution < -0.4 is 4.74 Å². The van der Waals surface area contributed by atoms with E-state index < -0.39 is 0 Å². The topological polar surface area (TPSA) is 29.5 Å². The predicted molar refractivity (Wildman–Crippen MR) is 81.5 cm³/mol. The van der Waals surface area contributed by atoms with Crippen LogP contribution in [-0.4, -0.2) is 36.9 Å². The van der Waals surface area contributed by atoms with E-state index in [0.29, 0.717) is 0 Å². The number of carbonyl (C=O) groups excluding carboxylic acids is 1. The number of carbonyl (C=O) groups is 1. The Balaban J connectivity index is 1.55. The Kier molecular flexibility index (Phi) is 6.06. The molecule has 1 aliphatic rings. The summed E-state index contributed by atoms with van der Waals surface area (Å²) in [5.74, 6) is 0.952. The van der Waals surface area contributed by atoms with Crippen molar-refractivity contribution in [1.82, 2.24) is 4.90 Å². The van der Waals surface area contributed by atoms with E-state index in [1.54, 1.807) is 6.92 Å². The summed E-state index contributed by atoms with van der Waals surface area (Å²) in [5, 5.41) is 0. The molecule has 3 heteroatoms. The summed E-state index contributed by atoms with van der Waals surface area (Å²) in [6.07, 6.45) is 6.34. The molecule has 20 heavy (non-hydrogen) atoms. The summed E-state index contributed by atoms with van der Waals surface area (Å²) in [6.45, 7) is 6.17. The fraction of sp³-hybridized carbons (Fsp3) is 0.588. The number of rotatable bonds is 8. The van der Waals surface area contributed by atoms with Crippen LogP contribution in [-0.2, 0) is 0 Å². The molecule has 0 unspecified atom stereocenters. The third-order valence-electron chi connectivity index (χ3n) is 3.85. The summed E-state index contributed by atoms with van der Waals surface area (Å²) in [7, 11) is 0. The zero-order valence-electron chi connectivity index (χ0n) is 12.4. The van der Waals surface area contributed by atoms with Gasteiger partial charge in [0.15, 0.2) is 5.78 Å². The second kappa shape index (κ2) is 8.05. The molecule has 0 aromatic heterocycles. The monoisotopic (exact) mass is 275 g/mol. The normalized spacial score (nSPS) is 15.4. The summed E-state index contributed by atoms with van der Waals surface area (Å²) < 4.78 is 5.69. The van der Waals surface area contributed by atoms with Crippen LogP contribution in [0.1, 0.15) is 49.4 Å². The smallest absolute Gasteiger partial charge is 0.159 e. The largest absolute Gasteiger partial charge is 0.494 e. The quantitative estimate of drug-likeness (QED) is 0.537. The maximum absolute atomic E-state index is 11.2. The first-order valence-electron chi connectivity index (χ1n) is 7.72. The minimum Gasteiger partial charge on any atom is -0.494 e. The van der Waals surface area contributed by atoms with E-state index in [4.69, 9.17) is 4.74 Å². The highest BCUT2D eigenvalue weighted by molar-refractivity contribution is 5.94. The van der Waals surface area contributed by atoms with Gasteiger partial charge in [-0.3, -0.25) is 4.79 Å². The molecule has 1 heterocycles. The minimum absolute atomic E-state index is 0.0958. The van der Waals surface area contributed by atoms with Gasteiger partial charge in [0.05, 0.1) is 6.61 Å². The van der Waals surface area contributed by atoms with E-state index in [9.17, 15) is 4.79 Å². The first kappa shape index (κ1) is 15.0. The number of Topliss-reactive ketones (excluding diaryl/α,β-unsaturated/α-hetero) is 1. The molecule has 2 rings (SSSR count). The van der Waals surface area contributed by atoms with Gasteiger partial charge in [-0.2, -0.15) is 0 Å². The van der Waals surface area contributed by atoms with Crippen LogP contribution in [0.5, 0.6) is 5.75 Å². The summed E-state index contributed by atoms with van der Waals surface area (Å²) >= 11 is 0. The number of hydrogen-bond acceptors (Lipinski definition) is 3. The van der Waals surface area contributed by atoms with Crippen molar-refractivity contribution in [2.75, 3.05) is 26.2 Å². The predicted octanol–water partition coefficient (Wildman–Crippen LogP) is 3.53. The van der Waals surface area contributed by atoms with E-state index in [0.717, 1.165) is 24.3 Å². The standard InChI is InChI=1S/C17H25NO2/c1-15(19)16-7-9-17(10-8-16)20-14-6-2-3-11-18-12-4-5-13-18/h7-10H,2-6,11-14H2,1H3. The van der Waals surface area contributed by atoms with Crippen molar-refractivity contribution in [3.8, 4) is 5.75 Å². The maximum atomic E-state index is 11.2. The molecule has 0 spiro atoms. The van der Waals surface area contributed by atoms with Gasteiger partial charge in [0.2, 0.25) is 0 Å². The zero-order chi connectivity index (χ0) is 14.2. The molecule has 0 saturated carbocycles. The lowest BCUT2D eigenvalue weighted by Crippen LogP contribution is -2.20. The molecule has 1 aromatic carbocycles. The van der Waals surface area contributed by atoms with E-state index in [-0.39, 0.29) is 5.78 Å². The molecule has 110 valence electrons. The first-order valence-corrected chi connectivity index (χ1v) is 7.72. The van der Waals surface area contributed by atoms with Crippen molar-refractivity contribution in [2.45, 2.75) is 39.0 Å². The molecule has 0 N–H and O–H groups in total. The molecule has 0 aliphatic carbocycles. The van der Waals surface area contributed by atoms with E-state index in [1.807, 2.05) is 24.3 Å². The number of ketones is 1. The van der Waals surface area contributed by atoms with Gasteiger partial charge in [0, 0.05) is 5.56 Å². The van der Waals surface area contributed by atoms with Crippen molar-refractivity contribution in [3.05, 3.63) is 29.8 Å². The van der Waals surface area contributed by atoms with Crippen LogP contribution in [0.25, 0.3) is 0 Å². The fourth-order valence-corrected chi connectivity index (χ4v) is 2.60. The van der Waals surface area contributed by atoms with Crippen LogP contribution in [0.3, 0.4) is 0 Å². The van der Waals surface area contributed by atoms with Gasteiger partial charge in [0.1, 0.15) is 5.75 Å². The molecule has 0 radical (unpaired) electrons. The van der Waals surface area contributed by atoms with Gasteiger partial charge in [0.25, 0.3) is 0 Å². The Hall–Kier alpha value is -1.35. The average Bonchev–Trinajstić information content (AvgIpc) is 2.96. The molecule has 1 aromatic rings. The van der Waals surface area contributed by atoms with Gasteiger partial charge in [-0.15, -0.1) is 0 Å². The van der Waals surface area contributed by atoms with E-state index in [1.165, 1.54) is 45.3 Å². The number of benzene rings is 1. The highest BCUT2D eigenvalue weighted by atomic mass is 16.5. The number of unbranched alkanes of at least 4 members (excludes halogenated alkanes) is 2.